The summed E-state index contributed by atoms with van der Waals surface area (Å²) in [4.78, 5) is 31.8. The smallest absolute Gasteiger partial charge is 0.265 e. The Labute approximate surface area is 209 Å². The lowest BCUT2D eigenvalue weighted by molar-refractivity contribution is -0.112. The molecule has 0 saturated carbocycles. The summed E-state index contributed by atoms with van der Waals surface area (Å²) in [6, 6.07) is 35.8. The van der Waals surface area contributed by atoms with Gasteiger partial charge in [-0.25, -0.2) is 0 Å². The minimum atomic E-state index is -0.211. The van der Waals surface area contributed by atoms with E-state index in [9.17, 15) is 9.59 Å². The first-order valence-electron chi connectivity index (χ1n) is 11.7. The maximum absolute atomic E-state index is 14.3. The summed E-state index contributed by atoms with van der Waals surface area (Å²) < 4.78 is 5.64. The molecule has 5 heteroatoms. The number of benzene rings is 4. The van der Waals surface area contributed by atoms with Crippen LogP contribution in [0.3, 0.4) is 0 Å². The quantitative estimate of drug-likeness (QED) is 0.364. The summed E-state index contributed by atoms with van der Waals surface area (Å²) in [5.41, 5.74) is 4.85. The molecule has 0 fully saturated rings. The number of para-hydroxylation sites is 3. The maximum Gasteiger partial charge on any atom is 0.265 e. The lowest BCUT2D eigenvalue weighted by atomic mass is 10.0. The van der Waals surface area contributed by atoms with Crippen molar-refractivity contribution in [1.82, 2.24) is 0 Å². The van der Waals surface area contributed by atoms with E-state index in [4.69, 9.17) is 4.74 Å². The van der Waals surface area contributed by atoms with Gasteiger partial charge in [0.1, 0.15) is 5.75 Å². The molecule has 5 nitrogen and oxygen atoms in total. The van der Waals surface area contributed by atoms with Crippen LogP contribution < -0.4 is 14.5 Å². The number of anilines is 2. The molecular formula is C31H22N2O3. The van der Waals surface area contributed by atoms with Crippen LogP contribution in [0.25, 0.3) is 11.1 Å². The van der Waals surface area contributed by atoms with E-state index in [2.05, 4.69) is 0 Å². The Morgan fingerprint density at radius 1 is 0.528 bits per heavy atom. The predicted octanol–water partition coefficient (Wildman–Crippen LogP) is 5.91. The molecule has 0 radical (unpaired) electrons. The fourth-order valence-electron chi connectivity index (χ4n) is 4.90. The van der Waals surface area contributed by atoms with E-state index in [1.54, 1.807) is 16.9 Å². The van der Waals surface area contributed by atoms with Crippen molar-refractivity contribution in [2.75, 3.05) is 16.9 Å². The molecule has 2 amide bonds. The van der Waals surface area contributed by atoms with Crippen LogP contribution in [0.5, 0.6) is 5.75 Å². The van der Waals surface area contributed by atoms with Gasteiger partial charge in [-0.05, 0) is 35.4 Å². The van der Waals surface area contributed by atoms with Crippen LogP contribution in [0.15, 0.2) is 127 Å². The summed E-state index contributed by atoms with van der Waals surface area (Å²) in [5.74, 6) is 0.154. The van der Waals surface area contributed by atoms with Crippen molar-refractivity contribution in [3.63, 3.8) is 0 Å². The molecule has 2 aliphatic rings. The third-order valence-electron chi connectivity index (χ3n) is 6.44. The number of hydrogen-bond acceptors (Lipinski definition) is 3. The van der Waals surface area contributed by atoms with Gasteiger partial charge in [0.05, 0.1) is 35.3 Å². The molecular weight excluding hydrogens is 448 g/mol. The van der Waals surface area contributed by atoms with E-state index in [1.165, 1.54) is 0 Å². The fraction of sp³-hybridized carbons (Fsp3) is 0.0323. The van der Waals surface area contributed by atoms with E-state index < -0.39 is 0 Å². The Bertz CT molecular complexity index is 1540. The number of nitrogens with zero attached hydrogens (tertiary/aromatic N) is 2. The highest BCUT2D eigenvalue weighted by atomic mass is 16.5. The van der Waals surface area contributed by atoms with E-state index in [1.807, 2.05) is 115 Å². The van der Waals surface area contributed by atoms with Gasteiger partial charge < -0.3 is 4.74 Å². The lowest BCUT2D eigenvalue weighted by Crippen LogP contribution is -2.27. The van der Waals surface area contributed by atoms with Gasteiger partial charge in [-0.15, -0.1) is 0 Å². The molecule has 4 aromatic carbocycles. The standard InChI is InChI=1S/C31H22N2O3/c1-36-25-20-12-11-19-24(25)33-29-27(22-15-7-3-8-16-22)30(34)32(23-17-9-4-10-18-23)28(29)26(31(33)35)21-13-5-2-6-14-21/h2-20H,1H3. The Kier molecular flexibility index (Phi) is 5.23. The fourth-order valence-corrected chi connectivity index (χ4v) is 4.90. The van der Waals surface area contributed by atoms with Gasteiger partial charge in [0.15, 0.2) is 0 Å². The van der Waals surface area contributed by atoms with Crippen LogP contribution in [0.1, 0.15) is 11.1 Å². The van der Waals surface area contributed by atoms with Crippen molar-refractivity contribution in [3.8, 4) is 5.75 Å². The van der Waals surface area contributed by atoms with Crippen LogP contribution >= 0.6 is 0 Å². The summed E-state index contributed by atoms with van der Waals surface area (Å²) in [7, 11) is 1.58. The van der Waals surface area contributed by atoms with Crippen molar-refractivity contribution in [3.05, 3.63) is 138 Å². The predicted molar refractivity (Wildman–Crippen MR) is 141 cm³/mol. The first kappa shape index (κ1) is 21.6. The molecule has 174 valence electrons. The van der Waals surface area contributed by atoms with Gasteiger partial charge in [0.2, 0.25) is 0 Å². The average molecular weight is 471 g/mol. The van der Waals surface area contributed by atoms with E-state index in [-0.39, 0.29) is 11.8 Å². The molecule has 0 unspecified atom stereocenters. The third kappa shape index (κ3) is 3.25. The zero-order valence-electron chi connectivity index (χ0n) is 19.6. The molecule has 0 bridgehead atoms. The minimum Gasteiger partial charge on any atom is -0.495 e. The molecule has 0 saturated heterocycles. The molecule has 0 aliphatic carbocycles. The number of rotatable bonds is 5. The third-order valence-corrected chi connectivity index (χ3v) is 6.44. The topological polar surface area (TPSA) is 49.9 Å². The highest BCUT2D eigenvalue weighted by Gasteiger charge is 2.50. The summed E-state index contributed by atoms with van der Waals surface area (Å²) in [6.45, 7) is 0. The average Bonchev–Trinajstić information content (AvgIpc) is 3.38. The van der Waals surface area contributed by atoms with Crippen molar-refractivity contribution in [2.45, 2.75) is 0 Å². The van der Waals surface area contributed by atoms with Crippen molar-refractivity contribution < 1.29 is 14.3 Å². The van der Waals surface area contributed by atoms with Crippen molar-refractivity contribution in [1.29, 1.82) is 0 Å². The van der Waals surface area contributed by atoms with E-state index in [0.29, 0.717) is 39.7 Å². The molecule has 0 aromatic heterocycles. The second kappa shape index (κ2) is 8.71. The molecule has 0 N–H and O–H groups in total. The number of methoxy groups -OCH3 is 1. The van der Waals surface area contributed by atoms with Crippen LogP contribution in [0, 0.1) is 0 Å². The highest BCUT2D eigenvalue weighted by molar-refractivity contribution is 6.43. The van der Waals surface area contributed by atoms with E-state index in [0.717, 1.165) is 11.1 Å². The maximum atomic E-state index is 14.3. The SMILES string of the molecule is COc1ccccc1N1C(=O)C(c2ccccc2)=C2C1=C(c1ccccc1)C(=O)N2c1ccccc1. The van der Waals surface area contributed by atoms with Crippen molar-refractivity contribution in [2.24, 2.45) is 0 Å². The van der Waals surface area contributed by atoms with Gasteiger partial charge in [-0.2, -0.15) is 0 Å². The van der Waals surface area contributed by atoms with Gasteiger partial charge in [-0.1, -0.05) is 91.0 Å². The first-order chi connectivity index (χ1) is 17.7. The van der Waals surface area contributed by atoms with Crippen LogP contribution in [-0.2, 0) is 9.59 Å². The monoisotopic (exact) mass is 470 g/mol. The zero-order valence-corrected chi connectivity index (χ0v) is 19.6. The number of amides is 2. The van der Waals surface area contributed by atoms with Crippen LogP contribution in [-0.4, -0.2) is 18.9 Å². The van der Waals surface area contributed by atoms with Crippen LogP contribution in [0.4, 0.5) is 11.4 Å². The largest absolute Gasteiger partial charge is 0.495 e. The minimum absolute atomic E-state index is 0.182. The van der Waals surface area contributed by atoms with Crippen LogP contribution in [0.2, 0.25) is 0 Å². The molecule has 2 aliphatic heterocycles. The van der Waals surface area contributed by atoms with Crippen molar-refractivity contribution >= 4 is 34.3 Å². The Morgan fingerprint density at radius 3 is 1.53 bits per heavy atom. The Balaban J connectivity index is 1.71. The normalized spacial score (nSPS) is 15.1. The molecule has 4 aromatic rings. The lowest BCUT2D eigenvalue weighted by Gasteiger charge is -2.22. The first-order valence-corrected chi connectivity index (χ1v) is 11.7. The number of fused-ring (bicyclic) bond motifs is 1. The molecule has 2 heterocycles. The summed E-state index contributed by atoms with van der Waals surface area (Å²) in [6.07, 6.45) is 0. The molecule has 0 atom stereocenters. The molecule has 36 heavy (non-hydrogen) atoms. The van der Waals surface area contributed by atoms with Gasteiger partial charge in [-0.3, -0.25) is 19.4 Å². The summed E-state index contributed by atoms with van der Waals surface area (Å²) in [5, 5.41) is 0. The zero-order chi connectivity index (χ0) is 24.6. The highest BCUT2D eigenvalue weighted by Crippen LogP contribution is 2.51. The van der Waals surface area contributed by atoms with E-state index >= 15 is 0 Å². The Hall–Kier alpha value is -4.90. The second-order valence-electron chi connectivity index (χ2n) is 8.47. The molecule has 0 spiro atoms. The summed E-state index contributed by atoms with van der Waals surface area (Å²) >= 11 is 0. The van der Waals surface area contributed by atoms with Gasteiger partial charge in [0.25, 0.3) is 11.8 Å². The van der Waals surface area contributed by atoms with Gasteiger partial charge in [0, 0.05) is 5.69 Å². The molecule has 6 rings (SSSR count). The van der Waals surface area contributed by atoms with Gasteiger partial charge >= 0.3 is 0 Å². The second-order valence-corrected chi connectivity index (χ2v) is 8.47. The number of carbonyl (C=O) groups excluding carboxylic acids is 2. The number of hydrogen-bond donors (Lipinski definition) is 0. The number of ether oxygens (including phenoxy) is 1. The Morgan fingerprint density at radius 2 is 0.972 bits per heavy atom. The number of carbonyl (C=O) groups is 2.